The normalized spacial score (nSPS) is 10.3. The van der Waals surface area contributed by atoms with Crippen molar-refractivity contribution in [1.82, 2.24) is 0 Å². The smallest absolute Gasteiger partial charge is 0.165 e. The van der Waals surface area contributed by atoms with Crippen LogP contribution in [0.3, 0.4) is 0 Å². The molecular formula is C12H15FO. The van der Waals surface area contributed by atoms with Gasteiger partial charge in [0.1, 0.15) is 0 Å². The minimum atomic E-state index is -0.331. The Kier molecular flexibility index (Phi) is 3.69. The van der Waals surface area contributed by atoms with E-state index >= 15 is 0 Å². The van der Waals surface area contributed by atoms with Gasteiger partial charge in [-0.3, -0.25) is 0 Å². The van der Waals surface area contributed by atoms with Crippen LogP contribution in [0.2, 0.25) is 0 Å². The molecule has 0 aliphatic rings. The number of halogens is 1. The van der Waals surface area contributed by atoms with E-state index < -0.39 is 0 Å². The lowest BCUT2D eigenvalue weighted by atomic mass is 10.2. The Morgan fingerprint density at radius 1 is 1.50 bits per heavy atom. The molecule has 76 valence electrons. The molecule has 0 N–H and O–H groups in total. The Morgan fingerprint density at radius 3 is 2.79 bits per heavy atom. The van der Waals surface area contributed by atoms with Crippen molar-refractivity contribution in [2.45, 2.75) is 13.8 Å². The first kappa shape index (κ1) is 10.8. The maximum Gasteiger partial charge on any atom is 0.165 e. The van der Waals surface area contributed by atoms with E-state index in [4.69, 9.17) is 4.74 Å². The van der Waals surface area contributed by atoms with E-state index in [1.807, 2.05) is 13.8 Å². The second-order valence-electron chi connectivity index (χ2n) is 3.57. The van der Waals surface area contributed by atoms with Gasteiger partial charge in [0.15, 0.2) is 11.6 Å². The lowest BCUT2D eigenvalue weighted by molar-refractivity contribution is 0.259. The third kappa shape index (κ3) is 2.59. The molecule has 0 saturated heterocycles. The van der Waals surface area contributed by atoms with Crippen LogP contribution in [0.5, 0.6) is 5.75 Å². The first-order chi connectivity index (χ1) is 6.65. The van der Waals surface area contributed by atoms with Crippen molar-refractivity contribution < 1.29 is 9.13 Å². The van der Waals surface area contributed by atoms with Crippen LogP contribution in [0.25, 0.3) is 6.08 Å². The van der Waals surface area contributed by atoms with Crippen LogP contribution in [0.1, 0.15) is 19.4 Å². The Morgan fingerprint density at radius 2 is 2.21 bits per heavy atom. The molecule has 2 heteroatoms. The highest BCUT2D eigenvalue weighted by Gasteiger charge is 2.07. The van der Waals surface area contributed by atoms with Gasteiger partial charge in [0, 0.05) is 5.56 Å². The molecular weight excluding hydrogens is 179 g/mol. The van der Waals surface area contributed by atoms with Gasteiger partial charge < -0.3 is 4.74 Å². The third-order valence-corrected chi connectivity index (χ3v) is 1.78. The average molecular weight is 194 g/mol. The first-order valence-electron chi connectivity index (χ1n) is 4.69. The molecule has 1 nitrogen and oxygen atoms in total. The van der Waals surface area contributed by atoms with Gasteiger partial charge in [-0.1, -0.05) is 38.6 Å². The van der Waals surface area contributed by atoms with Crippen molar-refractivity contribution >= 4 is 6.08 Å². The fraction of sp³-hybridized carbons (Fsp3) is 0.333. The predicted octanol–water partition coefficient (Wildman–Crippen LogP) is 3.50. The molecule has 0 spiro atoms. The predicted molar refractivity (Wildman–Crippen MR) is 56.8 cm³/mol. The maximum absolute atomic E-state index is 13.3. The Balaban J connectivity index is 2.87. The van der Waals surface area contributed by atoms with E-state index in [0.717, 1.165) is 0 Å². The van der Waals surface area contributed by atoms with E-state index in [2.05, 4.69) is 6.58 Å². The summed E-state index contributed by atoms with van der Waals surface area (Å²) >= 11 is 0. The Labute approximate surface area is 84.2 Å². The molecule has 1 aromatic carbocycles. The Bertz CT molecular complexity index is 318. The highest BCUT2D eigenvalue weighted by molar-refractivity contribution is 5.55. The molecule has 0 radical (unpaired) electrons. The molecule has 0 aromatic heterocycles. The minimum absolute atomic E-state index is 0.302. The summed E-state index contributed by atoms with van der Waals surface area (Å²) < 4.78 is 18.7. The highest BCUT2D eigenvalue weighted by Crippen LogP contribution is 2.23. The molecule has 1 aromatic rings. The summed E-state index contributed by atoms with van der Waals surface area (Å²) in [6.45, 7) is 8.17. The quantitative estimate of drug-likeness (QED) is 0.712. The van der Waals surface area contributed by atoms with Gasteiger partial charge in [0.25, 0.3) is 0 Å². The SMILES string of the molecule is C=Cc1cccc(F)c1OCC(C)C. The van der Waals surface area contributed by atoms with Gasteiger partial charge in [0.05, 0.1) is 6.61 Å². The summed E-state index contributed by atoms with van der Waals surface area (Å²) in [5.41, 5.74) is 0.700. The zero-order valence-electron chi connectivity index (χ0n) is 8.59. The molecule has 0 aliphatic carbocycles. The van der Waals surface area contributed by atoms with Crippen molar-refractivity contribution in [2.24, 2.45) is 5.92 Å². The number of rotatable bonds is 4. The second-order valence-corrected chi connectivity index (χ2v) is 3.57. The third-order valence-electron chi connectivity index (χ3n) is 1.78. The number of benzene rings is 1. The summed E-state index contributed by atoms with van der Waals surface area (Å²) in [6, 6.07) is 4.82. The van der Waals surface area contributed by atoms with Gasteiger partial charge in [-0.15, -0.1) is 0 Å². The summed E-state index contributed by atoms with van der Waals surface area (Å²) in [5.74, 6) is 0.353. The fourth-order valence-corrected chi connectivity index (χ4v) is 1.09. The van der Waals surface area contributed by atoms with Gasteiger partial charge in [-0.05, 0) is 12.0 Å². The van der Waals surface area contributed by atoms with Crippen LogP contribution >= 0.6 is 0 Å². The molecule has 0 aliphatic heterocycles. The summed E-state index contributed by atoms with van der Waals surface area (Å²) in [4.78, 5) is 0. The monoisotopic (exact) mass is 194 g/mol. The molecule has 0 unspecified atom stereocenters. The van der Waals surface area contributed by atoms with Crippen molar-refractivity contribution in [2.75, 3.05) is 6.61 Å². The van der Waals surface area contributed by atoms with E-state index in [1.165, 1.54) is 6.07 Å². The van der Waals surface area contributed by atoms with E-state index in [9.17, 15) is 4.39 Å². The van der Waals surface area contributed by atoms with Crippen molar-refractivity contribution in [1.29, 1.82) is 0 Å². The Hall–Kier alpha value is -1.31. The lowest BCUT2D eigenvalue weighted by Crippen LogP contribution is -2.06. The summed E-state index contributed by atoms with van der Waals surface area (Å²) in [6.07, 6.45) is 1.60. The van der Waals surface area contributed by atoms with Gasteiger partial charge in [0.2, 0.25) is 0 Å². The largest absolute Gasteiger partial charge is 0.490 e. The van der Waals surface area contributed by atoms with Gasteiger partial charge in [-0.25, -0.2) is 4.39 Å². The van der Waals surface area contributed by atoms with E-state index in [0.29, 0.717) is 23.8 Å². The van der Waals surface area contributed by atoms with Crippen LogP contribution in [-0.4, -0.2) is 6.61 Å². The van der Waals surface area contributed by atoms with Crippen LogP contribution < -0.4 is 4.74 Å². The molecule has 0 atom stereocenters. The first-order valence-corrected chi connectivity index (χ1v) is 4.69. The molecule has 0 saturated carbocycles. The fourth-order valence-electron chi connectivity index (χ4n) is 1.09. The zero-order chi connectivity index (χ0) is 10.6. The van der Waals surface area contributed by atoms with Crippen molar-refractivity contribution in [3.05, 3.63) is 36.2 Å². The molecule has 0 bridgehead atoms. The summed E-state index contributed by atoms with van der Waals surface area (Å²) in [7, 11) is 0. The zero-order valence-corrected chi connectivity index (χ0v) is 8.59. The van der Waals surface area contributed by atoms with E-state index in [-0.39, 0.29) is 5.82 Å². The number of hydrogen-bond acceptors (Lipinski definition) is 1. The molecule has 0 fully saturated rings. The van der Waals surface area contributed by atoms with Gasteiger partial charge >= 0.3 is 0 Å². The molecule has 14 heavy (non-hydrogen) atoms. The van der Waals surface area contributed by atoms with Crippen LogP contribution in [0, 0.1) is 11.7 Å². The number of para-hydroxylation sites is 1. The lowest BCUT2D eigenvalue weighted by Gasteiger charge is -2.11. The second kappa shape index (κ2) is 4.80. The molecule has 1 rings (SSSR count). The van der Waals surface area contributed by atoms with Gasteiger partial charge in [-0.2, -0.15) is 0 Å². The summed E-state index contributed by atoms with van der Waals surface area (Å²) in [5, 5.41) is 0. The van der Waals surface area contributed by atoms with E-state index in [1.54, 1.807) is 18.2 Å². The van der Waals surface area contributed by atoms with Crippen molar-refractivity contribution in [3.8, 4) is 5.75 Å². The van der Waals surface area contributed by atoms with Crippen LogP contribution in [0.15, 0.2) is 24.8 Å². The molecule has 0 amide bonds. The van der Waals surface area contributed by atoms with Crippen molar-refractivity contribution in [3.63, 3.8) is 0 Å². The maximum atomic E-state index is 13.3. The molecule has 0 heterocycles. The minimum Gasteiger partial charge on any atom is -0.490 e. The highest BCUT2D eigenvalue weighted by atomic mass is 19.1. The number of hydrogen-bond donors (Lipinski definition) is 0. The van der Waals surface area contributed by atoms with Crippen LogP contribution in [-0.2, 0) is 0 Å². The average Bonchev–Trinajstić information content (AvgIpc) is 2.15. The standard InChI is InChI=1S/C12H15FO/c1-4-10-6-5-7-11(13)12(10)14-8-9(2)3/h4-7,9H,1,8H2,2-3H3. The topological polar surface area (TPSA) is 9.23 Å². The number of ether oxygens (including phenoxy) is 1. The van der Waals surface area contributed by atoms with Crippen LogP contribution in [0.4, 0.5) is 4.39 Å².